The van der Waals surface area contributed by atoms with Crippen LogP contribution < -0.4 is 0 Å². The van der Waals surface area contributed by atoms with Gasteiger partial charge in [-0.25, -0.2) is 4.79 Å². The predicted molar refractivity (Wildman–Crippen MR) is 85.9 cm³/mol. The van der Waals surface area contributed by atoms with Gasteiger partial charge in [-0.05, 0) is 44.0 Å². The summed E-state index contributed by atoms with van der Waals surface area (Å²) in [5.41, 5.74) is 0.204. The van der Waals surface area contributed by atoms with Crippen molar-refractivity contribution >= 4 is 75.5 Å². The van der Waals surface area contributed by atoms with Crippen LogP contribution in [0.3, 0.4) is 0 Å². The number of rotatable bonds is 5. The molecule has 5 nitrogen and oxygen atoms in total. The molecule has 0 saturated carbocycles. The van der Waals surface area contributed by atoms with Crippen LogP contribution in [-0.2, 0) is 14.9 Å². The van der Waals surface area contributed by atoms with Crippen molar-refractivity contribution in [1.82, 2.24) is 0 Å². The third kappa shape index (κ3) is 4.96. The number of esters is 1. The van der Waals surface area contributed by atoms with Gasteiger partial charge in [0, 0.05) is 19.3 Å². The minimum atomic E-state index is -4.36. The van der Waals surface area contributed by atoms with E-state index in [2.05, 4.69) is 47.8 Å². The highest BCUT2D eigenvalue weighted by Gasteiger charge is 2.25. The van der Waals surface area contributed by atoms with Crippen molar-refractivity contribution in [2.24, 2.45) is 0 Å². The van der Waals surface area contributed by atoms with Crippen LogP contribution in [0.5, 0.6) is 0 Å². The minimum absolute atomic E-state index is 0.204. The van der Waals surface area contributed by atoms with Crippen LogP contribution in [0.15, 0.2) is 25.6 Å². The lowest BCUT2D eigenvalue weighted by Gasteiger charge is -2.12. The molecule has 0 heterocycles. The zero-order valence-corrected chi connectivity index (χ0v) is 16.0. The largest absolute Gasteiger partial charge is 0.461 e. The molecule has 1 aromatic rings. The summed E-state index contributed by atoms with van der Waals surface area (Å²) in [4.78, 5) is 11.9. The second kappa shape index (κ2) is 7.55. The molecule has 0 fully saturated rings. The number of hydrogen-bond donors (Lipinski definition) is 1. The maximum atomic E-state index is 11.9. The number of benzene rings is 1. The van der Waals surface area contributed by atoms with Crippen molar-refractivity contribution in [3.63, 3.8) is 0 Å². The van der Waals surface area contributed by atoms with Crippen molar-refractivity contribution in [3.8, 4) is 0 Å². The third-order valence-electron chi connectivity index (χ3n) is 2.21. The fourth-order valence-corrected chi connectivity index (χ4v) is 3.74. The maximum Gasteiger partial charge on any atom is 0.339 e. The van der Waals surface area contributed by atoms with Gasteiger partial charge in [-0.1, -0.05) is 15.9 Å². The molecule has 20 heavy (non-hydrogen) atoms. The highest BCUT2D eigenvalue weighted by molar-refractivity contribution is 9.13. The normalized spacial score (nSPS) is 13.1. The Morgan fingerprint density at radius 1 is 1.35 bits per heavy atom. The smallest absolute Gasteiger partial charge is 0.339 e. The van der Waals surface area contributed by atoms with Crippen molar-refractivity contribution in [3.05, 3.63) is 31.1 Å². The van der Waals surface area contributed by atoms with Gasteiger partial charge in [0.2, 0.25) is 0 Å². The Morgan fingerprint density at radius 2 is 1.95 bits per heavy atom. The van der Waals surface area contributed by atoms with Crippen LogP contribution in [0.2, 0.25) is 0 Å². The predicted octanol–water partition coefficient (Wildman–Crippen LogP) is 3.63. The molecule has 1 N–H and O–H groups in total. The van der Waals surface area contributed by atoms with Gasteiger partial charge in [0.15, 0.2) is 0 Å². The molecule has 0 aliphatic carbocycles. The van der Waals surface area contributed by atoms with Crippen molar-refractivity contribution in [2.45, 2.75) is 5.25 Å². The number of halogens is 4. The van der Waals surface area contributed by atoms with E-state index in [1.165, 1.54) is 6.07 Å². The number of ether oxygens (including phenoxy) is 1. The standard InChI is InChI=1S/C10H8Br3ClO5S/c11-5-1-7(9(13)8(12)2-5)10(15)19-4-6(3-14)20(16,17)18/h1-2,6H,3-4H2,(H,16,17,18). The molecule has 0 saturated heterocycles. The van der Waals surface area contributed by atoms with Gasteiger partial charge in [0.1, 0.15) is 11.9 Å². The summed E-state index contributed by atoms with van der Waals surface area (Å²) in [7, 11) is -4.36. The molecule has 1 rings (SSSR count). The van der Waals surface area contributed by atoms with Crippen molar-refractivity contribution in [1.29, 1.82) is 0 Å². The summed E-state index contributed by atoms with van der Waals surface area (Å²) in [5.74, 6) is -1.12. The topological polar surface area (TPSA) is 80.7 Å². The SMILES string of the molecule is O=C(OCC(CCl)S(=O)(=O)O)c1cc(Br)cc(Br)c1Br. The minimum Gasteiger partial charge on any atom is -0.461 e. The fraction of sp³-hybridized carbons (Fsp3) is 0.300. The zero-order chi connectivity index (χ0) is 15.5. The van der Waals surface area contributed by atoms with Gasteiger partial charge in [-0.15, -0.1) is 11.6 Å². The van der Waals surface area contributed by atoms with E-state index in [1.54, 1.807) is 6.07 Å². The van der Waals surface area contributed by atoms with Gasteiger partial charge in [0.25, 0.3) is 10.1 Å². The molecule has 10 heteroatoms. The quantitative estimate of drug-likeness (QED) is 0.281. The first-order valence-electron chi connectivity index (χ1n) is 5.00. The molecule has 0 radical (unpaired) electrons. The molecule has 0 aliphatic rings. The number of hydrogen-bond acceptors (Lipinski definition) is 4. The van der Waals surface area contributed by atoms with E-state index in [-0.39, 0.29) is 11.4 Å². The molecule has 0 bridgehead atoms. The maximum absolute atomic E-state index is 11.9. The lowest BCUT2D eigenvalue weighted by Crippen LogP contribution is -2.29. The molecule has 0 amide bonds. The van der Waals surface area contributed by atoms with Crippen LogP contribution in [0.1, 0.15) is 10.4 Å². The van der Waals surface area contributed by atoms with E-state index < -0.39 is 27.9 Å². The van der Waals surface area contributed by atoms with Crippen LogP contribution in [0.4, 0.5) is 0 Å². The average Bonchev–Trinajstić information content (AvgIpc) is 2.32. The molecule has 112 valence electrons. The van der Waals surface area contributed by atoms with E-state index in [1.807, 2.05) is 0 Å². The van der Waals surface area contributed by atoms with Crippen LogP contribution in [-0.4, -0.2) is 36.7 Å². The van der Waals surface area contributed by atoms with E-state index in [0.717, 1.165) is 0 Å². The summed E-state index contributed by atoms with van der Waals surface area (Å²) in [6.07, 6.45) is 0. The first kappa shape index (κ1) is 18.4. The second-order valence-electron chi connectivity index (χ2n) is 3.64. The van der Waals surface area contributed by atoms with Crippen LogP contribution >= 0.6 is 59.4 Å². The summed E-state index contributed by atoms with van der Waals surface area (Å²) < 4.78 is 37.4. The molecule has 1 atom stereocenters. The Hall–Kier alpha value is 0.330. The first-order valence-corrected chi connectivity index (χ1v) is 9.42. The lowest BCUT2D eigenvalue weighted by molar-refractivity contribution is 0.0506. The van der Waals surface area contributed by atoms with Gasteiger partial charge in [0.05, 0.1) is 5.56 Å². The molecule has 1 unspecified atom stereocenters. The van der Waals surface area contributed by atoms with E-state index in [4.69, 9.17) is 20.9 Å². The van der Waals surface area contributed by atoms with Gasteiger partial charge < -0.3 is 4.74 Å². The van der Waals surface area contributed by atoms with Gasteiger partial charge in [-0.3, -0.25) is 4.55 Å². The second-order valence-corrected chi connectivity index (χ2v) is 8.21. The Kier molecular flexibility index (Phi) is 6.94. The van der Waals surface area contributed by atoms with Crippen molar-refractivity contribution < 1.29 is 22.5 Å². The monoisotopic (exact) mass is 512 g/mol. The molecule has 0 aliphatic heterocycles. The molecular formula is C10H8Br3ClO5S. The number of carbonyl (C=O) groups excluding carboxylic acids is 1. The fourth-order valence-electron chi connectivity index (χ4n) is 1.16. The Morgan fingerprint density at radius 3 is 2.45 bits per heavy atom. The number of alkyl halides is 1. The molecule has 1 aromatic carbocycles. The average molecular weight is 515 g/mol. The summed E-state index contributed by atoms with van der Waals surface area (Å²) in [6.45, 7) is -0.530. The van der Waals surface area contributed by atoms with Gasteiger partial charge >= 0.3 is 5.97 Å². The summed E-state index contributed by atoms with van der Waals surface area (Å²) in [6, 6.07) is 3.24. The van der Waals surface area contributed by atoms with E-state index >= 15 is 0 Å². The Bertz CT molecular complexity index is 620. The first-order chi connectivity index (χ1) is 9.16. The third-order valence-corrected chi connectivity index (χ3v) is 6.38. The molecule has 0 spiro atoms. The zero-order valence-electron chi connectivity index (χ0n) is 9.65. The Balaban J connectivity index is 2.88. The van der Waals surface area contributed by atoms with Crippen LogP contribution in [0, 0.1) is 0 Å². The Labute approximate surface area is 146 Å². The summed E-state index contributed by atoms with van der Waals surface area (Å²) >= 11 is 15.1. The van der Waals surface area contributed by atoms with E-state index in [9.17, 15) is 13.2 Å². The highest BCUT2D eigenvalue weighted by atomic mass is 79.9. The number of carbonyl (C=O) groups is 1. The lowest BCUT2D eigenvalue weighted by atomic mass is 10.2. The molecule has 0 aromatic heterocycles. The summed E-state index contributed by atoms with van der Waals surface area (Å²) in [5, 5.41) is -1.36. The van der Waals surface area contributed by atoms with Crippen LogP contribution in [0.25, 0.3) is 0 Å². The highest BCUT2D eigenvalue weighted by Crippen LogP contribution is 2.31. The van der Waals surface area contributed by atoms with Gasteiger partial charge in [-0.2, -0.15) is 8.42 Å². The van der Waals surface area contributed by atoms with Crippen molar-refractivity contribution in [2.75, 3.05) is 12.5 Å². The van der Waals surface area contributed by atoms with E-state index in [0.29, 0.717) is 13.4 Å². The molecular weight excluding hydrogens is 507 g/mol.